The van der Waals surface area contributed by atoms with Gasteiger partial charge in [-0.2, -0.15) is 22.3 Å². The number of amides is 1. The molecule has 2 aromatic rings. The number of rotatable bonds is 5. The lowest BCUT2D eigenvalue weighted by Crippen LogP contribution is -2.43. The molecule has 0 aromatic carbocycles. The monoisotopic (exact) mass is 394 g/mol. The first-order valence-corrected chi connectivity index (χ1v) is 8.53. The van der Waals surface area contributed by atoms with Gasteiger partial charge in [0.05, 0.1) is 0 Å². The maximum atomic E-state index is 13.4. The number of carbonyl (C=O) groups excluding carboxylic acids is 1. The van der Waals surface area contributed by atoms with Crippen LogP contribution in [0.5, 0.6) is 0 Å². The van der Waals surface area contributed by atoms with Gasteiger partial charge in [-0.3, -0.25) is 4.79 Å². The van der Waals surface area contributed by atoms with Gasteiger partial charge >= 0.3 is 6.18 Å². The average molecular weight is 394 g/mol. The second-order valence-electron chi connectivity index (χ2n) is 5.44. The SMILES string of the molecule is C[C@@H](NS(=O)(=O)c1cn(C)c(C(N)=O)c1-c1ccnc(F)c1)C(F)(F)F. The van der Waals surface area contributed by atoms with Crippen molar-refractivity contribution in [3.8, 4) is 11.1 Å². The van der Waals surface area contributed by atoms with E-state index >= 15 is 0 Å². The van der Waals surface area contributed by atoms with E-state index in [-0.39, 0.29) is 16.8 Å². The van der Waals surface area contributed by atoms with Crippen LogP contribution in [0, 0.1) is 5.95 Å². The third-order valence-electron chi connectivity index (χ3n) is 3.51. The highest BCUT2D eigenvalue weighted by molar-refractivity contribution is 7.89. The molecular formula is C14H14F4N4O3S. The fourth-order valence-corrected chi connectivity index (χ4v) is 3.80. The Kier molecular flexibility index (Phi) is 5.10. The third kappa shape index (κ3) is 3.85. The molecule has 0 unspecified atom stereocenters. The highest BCUT2D eigenvalue weighted by Crippen LogP contribution is 2.33. The number of nitrogens with zero attached hydrogens (tertiary/aromatic N) is 2. The molecule has 0 aliphatic heterocycles. The first kappa shape index (κ1) is 19.8. The molecule has 142 valence electrons. The maximum absolute atomic E-state index is 13.4. The molecule has 2 aromatic heterocycles. The minimum Gasteiger partial charge on any atom is -0.364 e. The van der Waals surface area contributed by atoms with Crippen molar-refractivity contribution >= 4 is 15.9 Å². The number of alkyl halides is 3. The van der Waals surface area contributed by atoms with Gasteiger partial charge in [-0.1, -0.05) is 0 Å². The lowest BCUT2D eigenvalue weighted by atomic mass is 10.1. The molecule has 3 N–H and O–H groups in total. The van der Waals surface area contributed by atoms with Crippen LogP contribution in [0.25, 0.3) is 11.1 Å². The zero-order valence-corrected chi connectivity index (χ0v) is 14.3. The highest BCUT2D eigenvalue weighted by Gasteiger charge is 2.40. The van der Waals surface area contributed by atoms with Gasteiger partial charge in [-0.25, -0.2) is 13.4 Å². The summed E-state index contributed by atoms with van der Waals surface area (Å²) >= 11 is 0. The van der Waals surface area contributed by atoms with Crippen molar-refractivity contribution in [1.29, 1.82) is 0 Å². The summed E-state index contributed by atoms with van der Waals surface area (Å²) in [5.74, 6) is -2.01. The molecule has 1 amide bonds. The largest absolute Gasteiger partial charge is 0.404 e. The summed E-state index contributed by atoms with van der Waals surface area (Å²) in [4.78, 5) is 14.4. The molecule has 7 nitrogen and oxygen atoms in total. The number of halogens is 4. The lowest BCUT2D eigenvalue weighted by Gasteiger charge is -2.17. The number of nitrogens with two attached hydrogens (primary N) is 1. The van der Waals surface area contributed by atoms with Crippen LogP contribution in [0.1, 0.15) is 17.4 Å². The first-order valence-electron chi connectivity index (χ1n) is 7.04. The van der Waals surface area contributed by atoms with Crippen LogP contribution in [-0.4, -0.2) is 36.1 Å². The predicted octanol–water partition coefficient (Wildman–Crippen LogP) is 1.55. The molecule has 0 saturated heterocycles. The molecule has 0 saturated carbocycles. The summed E-state index contributed by atoms with van der Waals surface area (Å²) in [7, 11) is -3.43. The van der Waals surface area contributed by atoms with E-state index in [1.165, 1.54) is 17.8 Å². The molecule has 0 fully saturated rings. The minimum atomic E-state index is -4.82. The van der Waals surface area contributed by atoms with Crippen molar-refractivity contribution in [3.05, 3.63) is 36.2 Å². The van der Waals surface area contributed by atoms with E-state index in [0.717, 1.165) is 23.0 Å². The molecule has 0 bridgehead atoms. The molecule has 0 aliphatic carbocycles. The summed E-state index contributed by atoms with van der Waals surface area (Å²) in [6, 6.07) is -0.336. The van der Waals surface area contributed by atoms with Crippen molar-refractivity contribution in [2.45, 2.75) is 24.0 Å². The number of nitrogens with one attached hydrogen (secondary N) is 1. The van der Waals surface area contributed by atoms with E-state index in [1.54, 1.807) is 0 Å². The van der Waals surface area contributed by atoms with Crippen LogP contribution in [0.2, 0.25) is 0 Å². The Balaban J connectivity index is 2.70. The Labute approximate surface area is 145 Å². The average Bonchev–Trinajstić information content (AvgIpc) is 2.84. The van der Waals surface area contributed by atoms with Crippen LogP contribution < -0.4 is 10.5 Å². The molecule has 12 heteroatoms. The first-order chi connectivity index (χ1) is 11.8. The summed E-state index contributed by atoms with van der Waals surface area (Å²) < 4.78 is 79.1. The molecule has 0 spiro atoms. The van der Waals surface area contributed by atoms with Crippen molar-refractivity contribution in [1.82, 2.24) is 14.3 Å². The number of pyridine rings is 1. The Morgan fingerprint density at radius 1 is 1.38 bits per heavy atom. The molecule has 0 radical (unpaired) electrons. The van der Waals surface area contributed by atoms with Crippen molar-refractivity contribution in [2.24, 2.45) is 12.8 Å². The number of carbonyl (C=O) groups is 1. The van der Waals surface area contributed by atoms with E-state index in [4.69, 9.17) is 5.73 Å². The molecule has 2 rings (SSSR count). The summed E-state index contributed by atoms with van der Waals surface area (Å²) in [5.41, 5.74) is 4.55. The molecule has 0 aliphatic rings. The second-order valence-corrected chi connectivity index (χ2v) is 7.13. The maximum Gasteiger partial charge on any atom is 0.404 e. The lowest BCUT2D eigenvalue weighted by molar-refractivity contribution is -0.147. The number of aromatic nitrogens is 2. The smallest absolute Gasteiger partial charge is 0.364 e. The number of hydrogen-bond acceptors (Lipinski definition) is 4. The van der Waals surface area contributed by atoms with Gasteiger partial charge in [0.25, 0.3) is 5.91 Å². The van der Waals surface area contributed by atoms with E-state index in [9.17, 15) is 30.8 Å². The minimum absolute atomic E-state index is 0.0769. The van der Waals surface area contributed by atoms with Crippen LogP contribution >= 0.6 is 0 Å². The molecule has 26 heavy (non-hydrogen) atoms. The van der Waals surface area contributed by atoms with Gasteiger partial charge in [0.1, 0.15) is 16.6 Å². The number of primary amides is 1. The summed E-state index contributed by atoms with van der Waals surface area (Å²) in [6.07, 6.45) is -2.87. The van der Waals surface area contributed by atoms with E-state index < -0.39 is 39.0 Å². The topological polar surface area (TPSA) is 107 Å². The van der Waals surface area contributed by atoms with Gasteiger partial charge in [0.2, 0.25) is 16.0 Å². The normalized spacial score (nSPS) is 13.6. The van der Waals surface area contributed by atoms with Gasteiger partial charge in [-0.15, -0.1) is 0 Å². The zero-order valence-electron chi connectivity index (χ0n) is 13.5. The Bertz CT molecular complexity index is 954. The standard InChI is InChI=1S/C14H14F4N4O3S/c1-7(14(16,17)18)21-26(24,25)9-6-22(2)12(13(19)23)11(9)8-3-4-20-10(15)5-8/h3-7,21H,1-2H3,(H2,19,23)/t7-/m1/s1. The van der Waals surface area contributed by atoms with Crippen molar-refractivity contribution in [2.75, 3.05) is 0 Å². The zero-order chi connectivity index (χ0) is 19.9. The molecular weight excluding hydrogens is 380 g/mol. The van der Waals surface area contributed by atoms with Crippen molar-refractivity contribution in [3.63, 3.8) is 0 Å². The van der Waals surface area contributed by atoms with E-state index in [1.807, 2.05) is 0 Å². The Morgan fingerprint density at radius 3 is 2.50 bits per heavy atom. The van der Waals surface area contributed by atoms with Crippen molar-refractivity contribution < 1.29 is 30.8 Å². The van der Waals surface area contributed by atoms with Crippen LogP contribution in [0.15, 0.2) is 29.4 Å². The quantitative estimate of drug-likeness (QED) is 0.593. The van der Waals surface area contributed by atoms with Gasteiger partial charge in [0, 0.05) is 31.1 Å². The fourth-order valence-electron chi connectivity index (χ4n) is 2.30. The Morgan fingerprint density at radius 2 is 2.00 bits per heavy atom. The second kappa shape index (κ2) is 6.68. The van der Waals surface area contributed by atoms with Gasteiger partial charge < -0.3 is 10.3 Å². The predicted molar refractivity (Wildman–Crippen MR) is 83.0 cm³/mol. The van der Waals surface area contributed by atoms with Crippen LogP contribution in [0.3, 0.4) is 0 Å². The fraction of sp³-hybridized carbons (Fsp3) is 0.286. The highest BCUT2D eigenvalue weighted by atomic mass is 32.2. The van der Waals surface area contributed by atoms with Crippen LogP contribution in [-0.2, 0) is 17.1 Å². The summed E-state index contributed by atoms with van der Waals surface area (Å²) in [5, 5.41) is 0. The van der Waals surface area contributed by atoms with Crippen LogP contribution in [0.4, 0.5) is 17.6 Å². The Hall–Kier alpha value is -2.47. The van der Waals surface area contributed by atoms with E-state index in [2.05, 4.69) is 4.98 Å². The number of aryl methyl sites for hydroxylation is 1. The third-order valence-corrected chi connectivity index (χ3v) is 5.06. The molecule has 2 heterocycles. The number of sulfonamides is 1. The summed E-state index contributed by atoms with van der Waals surface area (Å²) in [6.45, 7) is 0.626. The van der Waals surface area contributed by atoms with Gasteiger partial charge in [-0.05, 0) is 18.6 Å². The van der Waals surface area contributed by atoms with Gasteiger partial charge in [0.15, 0.2) is 0 Å². The van der Waals surface area contributed by atoms with E-state index in [0.29, 0.717) is 6.92 Å². The number of hydrogen-bond donors (Lipinski definition) is 2. The molecule has 1 atom stereocenters.